The fraction of sp³-hybridized carbons (Fsp3) is 0.417. The van der Waals surface area contributed by atoms with Gasteiger partial charge < -0.3 is 9.80 Å². The molecule has 0 aliphatic carbocycles. The smallest absolute Gasteiger partial charge is 0.304 e. The summed E-state index contributed by atoms with van der Waals surface area (Å²) in [7, 11) is 2.17. The zero-order valence-corrected chi connectivity index (χ0v) is 19.9. The Labute approximate surface area is 197 Å². The van der Waals surface area contributed by atoms with Crippen molar-refractivity contribution < 1.29 is 0 Å². The molecule has 0 radical (unpaired) electrons. The van der Waals surface area contributed by atoms with Gasteiger partial charge in [0, 0.05) is 60.9 Å². The number of aryl methyl sites for hydroxylation is 1. The van der Waals surface area contributed by atoms with E-state index in [0.29, 0.717) is 13.0 Å². The van der Waals surface area contributed by atoms with Gasteiger partial charge >= 0.3 is 5.69 Å². The van der Waals surface area contributed by atoms with Crippen LogP contribution in [0.15, 0.2) is 58.2 Å². The summed E-state index contributed by atoms with van der Waals surface area (Å²) in [5, 5.41) is 5.71. The van der Waals surface area contributed by atoms with E-state index in [-0.39, 0.29) is 10.9 Å². The highest BCUT2D eigenvalue weighted by Gasteiger charge is 2.27. The SMILES string of the molecule is CN1CCN(CCCn2nc3n(c2=O)-c2ccccc2SC(c2ccc(Cl)cc2)C3)CC1. The Morgan fingerprint density at radius 2 is 1.78 bits per heavy atom. The Hall–Kier alpha value is -2.06. The van der Waals surface area contributed by atoms with E-state index in [2.05, 4.69) is 35.0 Å². The molecule has 1 saturated heterocycles. The molecule has 0 N–H and O–H groups in total. The molecule has 6 nitrogen and oxygen atoms in total. The van der Waals surface area contributed by atoms with Crippen molar-refractivity contribution in [2.75, 3.05) is 39.8 Å². The van der Waals surface area contributed by atoms with Gasteiger partial charge in [0.05, 0.1) is 5.69 Å². The van der Waals surface area contributed by atoms with Gasteiger partial charge in [-0.05, 0) is 43.3 Å². The number of aromatic nitrogens is 3. The van der Waals surface area contributed by atoms with Crippen molar-refractivity contribution in [3.63, 3.8) is 0 Å². The molecule has 1 fully saturated rings. The van der Waals surface area contributed by atoms with Crippen molar-refractivity contribution >= 4 is 23.4 Å². The predicted molar refractivity (Wildman–Crippen MR) is 130 cm³/mol. The maximum absolute atomic E-state index is 13.4. The Kier molecular flexibility index (Phi) is 6.42. The van der Waals surface area contributed by atoms with Gasteiger partial charge in [0.15, 0.2) is 0 Å². The molecule has 8 heteroatoms. The van der Waals surface area contributed by atoms with Crippen LogP contribution >= 0.6 is 23.4 Å². The summed E-state index contributed by atoms with van der Waals surface area (Å²) in [6.45, 7) is 6.06. The third-order valence-corrected chi connectivity index (χ3v) is 7.91. The monoisotopic (exact) mass is 469 g/mol. The highest BCUT2D eigenvalue weighted by atomic mass is 35.5. The summed E-state index contributed by atoms with van der Waals surface area (Å²) in [6, 6.07) is 16.1. The lowest BCUT2D eigenvalue weighted by Crippen LogP contribution is -2.44. The molecule has 5 rings (SSSR count). The first-order valence-corrected chi connectivity index (χ1v) is 12.5. The van der Waals surface area contributed by atoms with Gasteiger partial charge in [0.1, 0.15) is 5.82 Å². The lowest BCUT2D eigenvalue weighted by Gasteiger charge is -2.32. The molecule has 2 aliphatic rings. The number of hydrogen-bond donors (Lipinski definition) is 0. The molecule has 168 valence electrons. The van der Waals surface area contributed by atoms with Crippen LogP contribution in [0, 0.1) is 0 Å². The van der Waals surface area contributed by atoms with Crippen LogP contribution in [-0.2, 0) is 13.0 Å². The van der Waals surface area contributed by atoms with Gasteiger partial charge in [0.2, 0.25) is 0 Å². The largest absolute Gasteiger partial charge is 0.350 e. The second-order valence-corrected chi connectivity index (χ2v) is 10.3. The molecule has 0 spiro atoms. The van der Waals surface area contributed by atoms with Crippen molar-refractivity contribution in [2.45, 2.75) is 29.5 Å². The first-order valence-electron chi connectivity index (χ1n) is 11.2. The highest BCUT2D eigenvalue weighted by Crippen LogP contribution is 2.42. The third-order valence-electron chi connectivity index (χ3n) is 6.33. The molecule has 32 heavy (non-hydrogen) atoms. The van der Waals surface area contributed by atoms with Crippen molar-refractivity contribution in [1.29, 1.82) is 0 Å². The first-order chi connectivity index (χ1) is 15.6. The first kappa shape index (κ1) is 21.8. The maximum Gasteiger partial charge on any atom is 0.350 e. The van der Waals surface area contributed by atoms with E-state index in [4.69, 9.17) is 16.7 Å². The summed E-state index contributed by atoms with van der Waals surface area (Å²) in [6.07, 6.45) is 1.62. The lowest BCUT2D eigenvalue weighted by atomic mass is 10.1. The molecule has 3 heterocycles. The van der Waals surface area contributed by atoms with Gasteiger partial charge in [-0.25, -0.2) is 14.0 Å². The summed E-state index contributed by atoms with van der Waals surface area (Å²) in [4.78, 5) is 19.3. The fourth-order valence-electron chi connectivity index (χ4n) is 4.45. The van der Waals surface area contributed by atoms with Crippen LogP contribution in [0.5, 0.6) is 0 Å². The minimum atomic E-state index is -0.0387. The second kappa shape index (κ2) is 9.43. The zero-order chi connectivity index (χ0) is 22.1. The number of thioether (sulfide) groups is 1. The molecule has 1 aromatic heterocycles. The summed E-state index contributed by atoms with van der Waals surface area (Å²) in [5.41, 5.74) is 2.09. The Bertz CT molecular complexity index is 1130. The molecule has 1 atom stereocenters. The van der Waals surface area contributed by atoms with E-state index in [0.717, 1.165) is 60.6 Å². The van der Waals surface area contributed by atoms with Crippen molar-refractivity contribution in [3.8, 4) is 5.69 Å². The maximum atomic E-state index is 13.4. The Morgan fingerprint density at radius 3 is 2.56 bits per heavy atom. The van der Waals surface area contributed by atoms with Crippen LogP contribution in [0.3, 0.4) is 0 Å². The van der Waals surface area contributed by atoms with E-state index >= 15 is 0 Å². The van der Waals surface area contributed by atoms with Crippen LogP contribution in [0.4, 0.5) is 0 Å². The van der Waals surface area contributed by atoms with Gasteiger partial charge in [-0.3, -0.25) is 0 Å². The van der Waals surface area contributed by atoms with Crippen LogP contribution in [0.2, 0.25) is 5.02 Å². The number of fused-ring (bicyclic) bond motifs is 3. The molecule has 0 amide bonds. The van der Waals surface area contributed by atoms with Crippen molar-refractivity contribution in [3.05, 3.63) is 75.4 Å². The summed E-state index contributed by atoms with van der Waals surface area (Å²) in [5.74, 6) is 0.826. The molecule has 3 aromatic rings. The normalized spacial score (nSPS) is 19.4. The zero-order valence-electron chi connectivity index (χ0n) is 18.3. The average molecular weight is 470 g/mol. The van der Waals surface area contributed by atoms with Gasteiger partial charge in [-0.15, -0.1) is 11.8 Å². The standard InChI is InChI=1S/C24H28ClN5OS/c1-27-13-15-28(16-14-27)11-4-12-29-24(31)30-20-5-2-3-6-21(20)32-22(17-23(30)26-29)18-7-9-19(25)10-8-18/h2-3,5-10,22H,4,11-17H2,1H3. The van der Waals surface area contributed by atoms with Crippen LogP contribution in [0.1, 0.15) is 23.1 Å². The molecule has 2 aliphatic heterocycles. The quantitative estimate of drug-likeness (QED) is 0.570. The van der Waals surface area contributed by atoms with Crippen molar-refractivity contribution in [2.24, 2.45) is 0 Å². The van der Waals surface area contributed by atoms with E-state index < -0.39 is 0 Å². The Balaban J connectivity index is 1.40. The molecule has 2 aromatic carbocycles. The van der Waals surface area contributed by atoms with E-state index in [1.165, 1.54) is 5.56 Å². The number of hydrogen-bond acceptors (Lipinski definition) is 5. The molecule has 0 bridgehead atoms. The van der Waals surface area contributed by atoms with Crippen LogP contribution in [0.25, 0.3) is 5.69 Å². The number of benzene rings is 2. The summed E-state index contributed by atoms with van der Waals surface area (Å²) < 4.78 is 3.48. The number of halogens is 1. The minimum Gasteiger partial charge on any atom is -0.304 e. The fourth-order valence-corrected chi connectivity index (χ4v) is 5.85. The van der Waals surface area contributed by atoms with E-state index in [1.807, 2.05) is 34.9 Å². The van der Waals surface area contributed by atoms with E-state index in [9.17, 15) is 4.79 Å². The number of para-hydroxylation sites is 1. The highest BCUT2D eigenvalue weighted by molar-refractivity contribution is 7.99. The third kappa shape index (κ3) is 4.53. The summed E-state index contributed by atoms with van der Waals surface area (Å²) >= 11 is 7.89. The van der Waals surface area contributed by atoms with Gasteiger partial charge in [-0.1, -0.05) is 35.9 Å². The number of nitrogens with zero attached hydrogens (tertiary/aromatic N) is 5. The topological polar surface area (TPSA) is 46.3 Å². The van der Waals surface area contributed by atoms with Crippen LogP contribution in [-0.4, -0.2) is 63.9 Å². The predicted octanol–water partition coefficient (Wildman–Crippen LogP) is 3.71. The number of rotatable bonds is 5. The van der Waals surface area contributed by atoms with Crippen molar-refractivity contribution in [1.82, 2.24) is 24.1 Å². The van der Waals surface area contributed by atoms with Gasteiger partial charge in [0.25, 0.3) is 0 Å². The molecular weight excluding hydrogens is 442 g/mol. The Morgan fingerprint density at radius 1 is 1.03 bits per heavy atom. The number of likely N-dealkylation sites (N-methyl/N-ethyl adjacent to an activating group) is 1. The van der Waals surface area contributed by atoms with E-state index in [1.54, 1.807) is 16.4 Å². The minimum absolute atomic E-state index is 0.0387. The lowest BCUT2D eigenvalue weighted by molar-refractivity contribution is 0.150. The van der Waals surface area contributed by atoms with Crippen LogP contribution < -0.4 is 5.69 Å². The molecular formula is C24H28ClN5OS. The van der Waals surface area contributed by atoms with Gasteiger partial charge in [-0.2, -0.15) is 5.10 Å². The molecule has 0 saturated carbocycles. The average Bonchev–Trinajstić information content (AvgIpc) is 3.00. The second-order valence-electron chi connectivity index (χ2n) is 8.59. The number of piperazine rings is 1. The molecule has 1 unspecified atom stereocenters.